The summed E-state index contributed by atoms with van der Waals surface area (Å²) >= 11 is 0. The first kappa shape index (κ1) is 13.8. The summed E-state index contributed by atoms with van der Waals surface area (Å²) < 4.78 is -0.187. The molecular formula is C12H21N2O3+. The Bertz CT molecular complexity index is 296. The van der Waals surface area contributed by atoms with Crippen molar-refractivity contribution in [3.05, 3.63) is 0 Å². The van der Waals surface area contributed by atoms with E-state index in [0.29, 0.717) is 13.1 Å². The van der Waals surface area contributed by atoms with E-state index < -0.39 is 11.9 Å². The Morgan fingerprint density at radius 1 is 1.06 bits per heavy atom. The molecule has 96 valence electrons. The number of urea groups is 1. The Morgan fingerprint density at radius 3 is 2.00 bits per heavy atom. The van der Waals surface area contributed by atoms with E-state index in [2.05, 4.69) is 5.32 Å². The second-order valence-electron chi connectivity index (χ2n) is 4.55. The normalized spacial score (nSPS) is 19.3. The van der Waals surface area contributed by atoms with E-state index in [1.165, 1.54) is 0 Å². The Morgan fingerprint density at radius 2 is 1.59 bits per heavy atom. The molecule has 0 spiro atoms. The van der Waals surface area contributed by atoms with Gasteiger partial charge in [0.05, 0.1) is 13.1 Å². The lowest BCUT2D eigenvalue weighted by molar-refractivity contribution is -0.776. The van der Waals surface area contributed by atoms with Crippen LogP contribution in [0.4, 0.5) is 4.79 Å². The molecule has 0 atom stereocenters. The Balaban J connectivity index is 2.89. The van der Waals surface area contributed by atoms with Crippen LogP contribution in [0, 0.1) is 0 Å². The second-order valence-corrected chi connectivity index (χ2v) is 4.55. The first-order chi connectivity index (χ1) is 8.06. The molecule has 4 amide bonds. The average molecular weight is 241 g/mol. The van der Waals surface area contributed by atoms with Crippen molar-refractivity contribution in [2.45, 2.75) is 46.0 Å². The van der Waals surface area contributed by atoms with Gasteiger partial charge in [-0.25, -0.2) is 14.9 Å². The quantitative estimate of drug-likeness (QED) is 0.567. The third kappa shape index (κ3) is 2.91. The molecule has 1 aliphatic heterocycles. The molecule has 0 radical (unpaired) electrons. The number of quaternary nitrogens is 1. The molecule has 0 aromatic heterocycles. The number of rotatable bonds is 6. The van der Waals surface area contributed by atoms with E-state index in [1.807, 2.05) is 13.8 Å². The van der Waals surface area contributed by atoms with Gasteiger partial charge in [0, 0.05) is 0 Å². The summed E-state index contributed by atoms with van der Waals surface area (Å²) in [5, 5.41) is 2.29. The molecule has 5 nitrogen and oxygen atoms in total. The molecule has 0 aromatic rings. The minimum Gasteiger partial charge on any atom is -0.274 e. The van der Waals surface area contributed by atoms with Gasteiger partial charge in [0.15, 0.2) is 0 Å². The first-order valence-electron chi connectivity index (χ1n) is 6.31. The maximum Gasteiger partial charge on any atom is 0.430 e. The molecule has 1 heterocycles. The van der Waals surface area contributed by atoms with E-state index in [9.17, 15) is 14.4 Å². The van der Waals surface area contributed by atoms with E-state index >= 15 is 0 Å². The minimum atomic E-state index is -0.471. The fourth-order valence-electron chi connectivity index (χ4n) is 2.09. The molecule has 1 N–H and O–H groups in total. The largest absolute Gasteiger partial charge is 0.430 e. The second kappa shape index (κ2) is 5.91. The zero-order valence-electron chi connectivity index (χ0n) is 10.6. The molecule has 17 heavy (non-hydrogen) atoms. The highest BCUT2D eigenvalue weighted by Gasteiger charge is 2.48. The van der Waals surface area contributed by atoms with Gasteiger partial charge in [-0.05, 0) is 12.8 Å². The summed E-state index contributed by atoms with van der Waals surface area (Å²) in [6, 6.07) is -0.437. The fourth-order valence-corrected chi connectivity index (χ4v) is 2.09. The maximum absolute atomic E-state index is 12.0. The van der Waals surface area contributed by atoms with Crippen LogP contribution in [0.25, 0.3) is 0 Å². The van der Waals surface area contributed by atoms with Crippen molar-refractivity contribution in [1.29, 1.82) is 0 Å². The van der Waals surface area contributed by atoms with Crippen LogP contribution in [0.1, 0.15) is 46.0 Å². The summed E-state index contributed by atoms with van der Waals surface area (Å²) in [6.45, 7) is 5.06. The topological polar surface area (TPSA) is 63.2 Å². The zero-order valence-corrected chi connectivity index (χ0v) is 10.6. The van der Waals surface area contributed by atoms with Gasteiger partial charge in [-0.1, -0.05) is 26.7 Å². The van der Waals surface area contributed by atoms with Gasteiger partial charge >= 0.3 is 11.9 Å². The number of unbranched alkanes of at least 4 members (excludes halogenated alkanes) is 2. The summed E-state index contributed by atoms with van der Waals surface area (Å²) in [5.41, 5.74) is 0. The standard InChI is InChI=1S/C12H20N2O3/c1-3-5-7-14(8-6-4-2)11(16)9-10(15)13-12(14)17/h3-9H2,1-2H3/p+1. The number of amides is 4. The van der Waals surface area contributed by atoms with Crippen molar-refractivity contribution in [3.63, 3.8) is 0 Å². The number of carbonyl (C=O) groups is 3. The third-order valence-corrected chi connectivity index (χ3v) is 3.21. The van der Waals surface area contributed by atoms with Crippen LogP contribution >= 0.6 is 0 Å². The van der Waals surface area contributed by atoms with E-state index in [1.54, 1.807) is 0 Å². The number of carbonyl (C=O) groups excluding carboxylic acids is 3. The average Bonchev–Trinajstić information content (AvgIpc) is 2.27. The molecule has 0 saturated carbocycles. The van der Waals surface area contributed by atoms with Crippen molar-refractivity contribution in [2.24, 2.45) is 0 Å². The van der Waals surface area contributed by atoms with Crippen molar-refractivity contribution in [1.82, 2.24) is 5.32 Å². The van der Waals surface area contributed by atoms with Gasteiger partial charge < -0.3 is 0 Å². The van der Waals surface area contributed by atoms with Crippen LogP contribution in [0.15, 0.2) is 0 Å². The lowest BCUT2D eigenvalue weighted by Gasteiger charge is -2.35. The van der Waals surface area contributed by atoms with Gasteiger partial charge in [-0.3, -0.25) is 4.79 Å². The number of nitrogens with one attached hydrogen (secondary N) is 1. The molecule has 1 saturated heterocycles. The van der Waals surface area contributed by atoms with Gasteiger partial charge in [0.25, 0.3) is 0 Å². The highest BCUT2D eigenvalue weighted by atomic mass is 16.2. The molecule has 0 aliphatic carbocycles. The van der Waals surface area contributed by atoms with Crippen molar-refractivity contribution in [2.75, 3.05) is 13.1 Å². The van der Waals surface area contributed by atoms with E-state index in [0.717, 1.165) is 25.7 Å². The van der Waals surface area contributed by atoms with Crippen molar-refractivity contribution in [3.8, 4) is 0 Å². The predicted molar refractivity (Wildman–Crippen MR) is 63.0 cm³/mol. The zero-order chi connectivity index (χ0) is 12.9. The Kier molecular flexibility index (Phi) is 4.81. The molecule has 5 heteroatoms. The Hall–Kier alpha value is -1.23. The lowest BCUT2D eigenvalue weighted by atomic mass is 10.1. The molecule has 1 fully saturated rings. The number of hydrogen-bond acceptors (Lipinski definition) is 3. The minimum absolute atomic E-state index is 0.167. The number of barbiturate groups is 1. The predicted octanol–water partition coefficient (Wildman–Crippen LogP) is 1.57. The number of nitrogens with zero attached hydrogens (tertiary/aromatic N) is 1. The fraction of sp³-hybridized carbons (Fsp3) is 0.750. The van der Waals surface area contributed by atoms with E-state index in [-0.39, 0.29) is 16.8 Å². The highest BCUT2D eigenvalue weighted by molar-refractivity contribution is 6.08. The number of imide groups is 2. The molecule has 1 rings (SSSR count). The van der Waals surface area contributed by atoms with Crippen LogP contribution in [0.3, 0.4) is 0 Å². The SMILES string of the molecule is CCCC[N+]1(CCCC)C(=O)CC(=O)NC1=O. The summed E-state index contributed by atoms with van der Waals surface area (Å²) in [5.74, 6) is -0.720. The monoisotopic (exact) mass is 241 g/mol. The smallest absolute Gasteiger partial charge is 0.274 e. The molecule has 0 unspecified atom stereocenters. The van der Waals surface area contributed by atoms with Crippen LogP contribution < -0.4 is 5.32 Å². The van der Waals surface area contributed by atoms with Gasteiger partial charge in [0.2, 0.25) is 5.91 Å². The summed E-state index contributed by atoms with van der Waals surface area (Å²) in [6.07, 6.45) is 3.33. The van der Waals surface area contributed by atoms with Crippen LogP contribution in [-0.2, 0) is 9.59 Å². The van der Waals surface area contributed by atoms with Crippen molar-refractivity contribution < 1.29 is 18.9 Å². The Labute approximate surface area is 102 Å². The molecule has 1 aliphatic rings. The van der Waals surface area contributed by atoms with Crippen molar-refractivity contribution >= 4 is 17.8 Å². The third-order valence-electron chi connectivity index (χ3n) is 3.21. The molecule has 0 bridgehead atoms. The highest BCUT2D eigenvalue weighted by Crippen LogP contribution is 2.19. The molecular weight excluding hydrogens is 220 g/mol. The summed E-state index contributed by atoms with van der Waals surface area (Å²) in [4.78, 5) is 35.2. The van der Waals surface area contributed by atoms with Gasteiger partial charge in [-0.2, -0.15) is 4.48 Å². The lowest BCUT2D eigenvalue weighted by Crippen LogP contribution is -2.66. The molecule has 0 aromatic carbocycles. The maximum atomic E-state index is 12.0. The summed E-state index contributed by atoms with van der Waals surface area (Å²) in [7, 11) is 0. The van der Waals surface area contributed by atoms with Gasteiger partial charge in [0.1, 0.15) is 6.42 Å². The number of hydrogen-bond donors (Lipinski definition) is 1. The first-order valence-corrected chi connectivity index (χ1v) is 6.31. The van der Waals surface area contributed by atoms with E-state index in [4.69, 9.17) is 0 Å². The van der Waals surface area contributed by atoms with Crippen LogP contribution in [-0.4, -0.2) is 35.4 Å². The van der Waals surface area contributed by atoms with Crippen LogP contribution in [0.2, 0.25) is 0 Å². The van der Waals surface area contributed by atoms with Gasteiger partial charge in [-0.15, -0.1) is 0 Å². The van der Waals surface area contributed by atoms with Crippen LogP contribution in [0.5, 0.6) is 0 Å².